The first-order chi connectivity index (χ1) is 10.1. The molecule has 0 aliphatic heterocycles. The van der Waals surface area contributed by atoms with Crippen molar-refractivity contribution in [3.63, 3.8) is 0 Å². The molecule has 0 saturated heterocycles. The van der Waals surface area contributed by atoms with Crippen LogP contribution in [0.3, 0.4) is 0 Å². The summed E-state index contributed by atoms with van der Waals surface area (Å²) >= 11 is 1.70. The van der Waals surface area contributed by atoms with Crippen LogP contribution in [0.1, 0.15) is 34.8 Å². The van der Waals surface area contributed by atoms with E-state index in [-0.39, 0.29) is 0 Å². The van der Waals surface area contributed by atoms with Crippen molar-refractivity contribution >= 4 is 17.2 Å². The first kappa shape index (κ1) is 14.5. The van der Waals surface area contributed by atoms with E-state index in [1.807, 2.05) is 6.92 Å². The molecule has 0 atom stereocenters. The Kier molecular flexibility index (Phi) is 4.22. The number of aryl methyl sites for hydroxylation is 2. The summed E-state index contributed by atoms with van der Waals surface area (Å²) in [6.45, 7) is 5.84. The molecule has 0 unspecified atom stereocenters. The molecule has 3 rings (SSSR count). The minimum atomic E-state index is 0.734. The zero-order valence-electron chi connectivity index (χ0n) is 12.9. The fourth-order valence-electron chi connectivity index (χ4n) is 2.37. The molecule has 0 aromatic carbocycles. The average molecular weight is 302 g/mol. The molecule has 112 valence electrons. The molecule has 1 saturated carbocycles. The number of anilines is 1. The first-order valence-electron chi connectivity index (χ1n) is 7.43. The third-order valence-electron chi connectivity index (χ3n) is 3.63. The number of nitrogens with zero attached hydrogens (tertiary/aromatic N) is 3. The first-order valence-corrected chi connectivity index (χ1v) is 8.31. The lowest BCUT2D eigenvalue weighted by Crippen LogP contribution is -2.20. The van der Waals surface area contributed by atoms with Gasteiger partial charge in [0.05, 0.1) is 17.2 Å². The molecule has 0 spiro atoms. The Morgan fingerprint density at radius 3 is 2.76 bits per heavy atom. The molecule has 1 N–H and O–H groups in total. The Hall–Kier alpha value is -1.46. The van der Waals surface area contributed by atoms with Crippen molar-refractivity contribution in [3.05, 3.63) is 39.5 Å². The van der Waals surface area contributed by atoms with Gasteiger partial charge in [-0.3, -0.25) is 0 Å². The van der Waals surface area contributed by atoms with Gasteiger partial charge in [-0.15, -0.1) is 11.3 Å². The van der Waals surface area contributed by atoms with Gasteiger partial charge in [0.15, 0.2) is 0 Å². The number of nitrogens with one attached hydrogen (secondary N) is 1. The summed E-state index contributed by atoms with van der Waals surface area (Å²) in [7, 11) is 2.08. The Bertz CT molecular complexity index is 618. The van der Waals surface area contributed by atoms with Crippen LogP contribution in [0.25, 0.3) is 0 Å². The molecule has 1 aliphatic rings. The highest BCUT2D eigenvalue weighted by molar-refractivity contribution is 7.09. The fourth-order valence-corrected chi connectivity index (χ4v) is 2.98. The van der Waals surface area contributed by atoms with Gasteiger partial charge in [0.25, 0.3) is 0 Å². The van der Waals surface area contributed by atoms with Crippen LogP contribution < -0.4 is 10.2 Å². The van der Waals surface area contributed by atoms with E-state index in [1.165, 1.54) is 18.4 Å². The molecule has 0 bridgehead atoms. The largest absolute Gasteiger partial charge is 0.354 e. The van der Waals surface area contributed by atoms with E-state index in [9.17, 15) is 0 Å². The topological polar surface area (TPSA) is 41.0 Å². The molecular weight excluding hydrogens is 280 g/mol. The molecule has 0 amide bonds. The second-order valence-electron chi connectivity index (χ2n) is 5.84. The smallest absolute Gasteiger partial charge is 0.129 e. The van der Waals surface area contributed by atoms with Gasteiger partial charge in [0.2, 0.25) is 0 Å². The molecular formula is C16H22N4S. The molecule has 2 aromatic heterocycles. The lowest BCUT2D eigenvalue weighted by molar-refractivity contribution is 0.686. The van der Waals surface area contributed by atoms with Crippen LogP contribution >= 0.6 is 11.3 Å². The summed E-state index contributed by atoms with van der Waals surface area (Å²) in [6, 6.07) is 5.08. The molecule has 21 heavy (non-hydrogen) atoms. The van der Waals surface area contributed by atoms with Crippen molar-refractivity contribution in [1.29, 1.82) is 0 Å². The van der Waals surface area contributed by atoms with E-state index in [0.29, 0.717) is 0 Å². The Morgan fingerprint density at radius 1 is 1.29 bits per heavy atom. The van der Waals surface area contributed by atoms with E-state index in [0.717, 1.165) is 41.3 Å². The van der Waals surface area contributed by atoms with Crippen LogP contribution in [-0.4, -0.2) is 23.1 Å². The standard InChI is InChI=1S/C16H22N4S/c1-11-6-13(8-17-14-4-5-14)7-16(18-11)20(3)9-15-10-21-12(2)19-15/h6-7,10,14,17H,4-5,8-9H2,1-3H3. The van der Waals surface area contributed by atoms with Crippen LogP contribution in [0.4, 0.5) is 5.82 Å². The molecule has 2 heterocycles. The monoisotopic (exact) mass is 302 g/mol. The van der Waals surface area contributed by atoms with Gasteiger partial charge in [-0.05, 0) is 44.4 Å². The average Bonchev–Trinajstić information content (AvgIpc) is 3.19. The number of hydrogen-bond acceptors (Lipinski definition) is 5. The third-order valence-corrected chi connectivity index (χ3v) is 4.45. The van der Waals surface area contributed by atoms with E-state index in [4.69, 9.17) is 0 Å². The minimum Gasteiger partial charge on any atom is -0.354 e. The van der Waals surface area contributed by atoms with Gasteiger partial charge in [-0.25, -0.2) is 9.97 Å². The maximum atomic E-state index is 4.65. The van der Waals surface area contributed by atoms with E-state index in [2.05, 4.69) is 51.7 Å². The molecule has 4 nitrogen and oxygen atoms in total. The Balaban J connectivity index is 1.70. The number of pyridine rings is 1. The SMILES string of the molecule is Cc1cc(CNC2CC2)cc(N(C)Cc2csc(C)n2)n1. The summed E-state index contributed by atoms with van der Waals surface area (Å²) in [4.78, 5) is 11.3. The van der Waals surface area contributed by atoms with Crippen molar-refractivity contribution in [2.45, 2.75) is 45.8 Å². The molecule has 1 fully saturated rings. The normalized spacial score (nSPS) is 14.4. The molecule has 1 aliphatic carbocycles. The highest BCUT2D eigenvalue weighted by atomic mass is 32.1. The summed E-state index contributed by atoms with van der Waals surface area (Å²) < 4.78 is 0. The fraction of sp³-hybridized carbons (Fsp3) is 0.500. The van der Waals surface area contributed by atoms with Crippen LogP contribution in [0.15, 0.2) is 17.5 Å². The molecule has 0 radical (unpaired) electrons. The van der Waals surface area contributed by atoms with E-state index < -0.39 is 0 Å². The number of rotatable bonds is 6. The summed E-state index contributed by atoms with van der Waals surface area (Å²) in [5.74, 6) is 1.02. The maximum absolute atomic E-state index is 4.65. The van der Waals surface area contributed by atoms with Crippen molar-refractivity contribution in [3.8, 4) is 0 Å². The van der Waals surface area contributed by atoms with Crippen LogP contribution in [0.2, 0.25) is 0 Å². The number of aromatic nitrogens is 2. The predicted octanol–water partition coefficient (Wildman–Crippen LogP) is 3.04. The van der Waals surface area contributed by atoms with Gasteiger partial charge in [-0.2, -0.15) is 0 Å². The summed E-state index contributed by atoms with van der Waals surface area (Å²) in [5.41, 5.74) is 3.49. The highest BCUT2D eigenvalue weighted by Crippen LogP contribution is 2.21. The summed E-state index contributed by atoms with van der Waals surface area (Å²) in [6.07, 6.45) is 2.64. The van der Waals surface area contributed by atoms with Gasteiger partial charge >= 0.3 is 0 Å². The molecule has 2 aromatic rings. The van der Waals surface area contributed by atoms with Crippen molar-refractivity contribution in [2.24, 2.45) is 0 Å². The van der Waals surface area contributed by atoms with E-state index in [1.54, 1.807) is 11.3 Å². The quantitative estimate of drug-likeness (QED) is 0.890. The van der Waals surface area contributed by atoms with Gasteiger partial charge in [-0.1, -0.05) is 0 Å². The highest BCUT2D eigenvalue weighted by Gasteiger charge is 2.20. The Labute approximate surface area is 130 Å². The number of thiazole rings is 1. The zero-order chi connectivity index (χ0) is 14.8. The van der Waals surface area contributed by atoms with Crippen LogP contribution in [0, 0.1) is 13.8 Å². The lowest BCUT2D eigenvalue weighted by Gasteiger charge is -2.18. The maximum Gasteiger partial charge on any atom is 0.129 e. The van der Waals surface area contributed by atoms with Crippen molar-refractivity contribution in [1.82, 2.24) is 15.3 Å². The zero-order valence-corrected chi connectivity index (χ0v) is 13.7. The predicted molar refractivity (Wildman–Crippen MR) is 87.8 cm³/mol. The lowest BCUT2D eigenvalue weighted by atomic mass is 10.2. The van der Waals surface area contributed by atoms with E-state index >= 15 is 0 Å². The summed E-state index contributed by atoms with van der Waals surface area (Å²) in [5, 5.41) is 6.80. The van der Waals surface area contributed by atoms with Crippen molar-refractivity contribution in [2.75, 3.05) is 11.9 Å². The van der Waals surface area contributed by atoms with Gasteiger partial charge in [0, 0.05) is 30.7 Å². The third kappa shape index (κ3) is 4.02. The Morgan fingerprint density at radius 2 is 2.10 bits per heavy atom. The van der Waals surface area contributed by atoms with Crippen LogP contribution in [-0.2, 0) is 13.1 Å². The van der Waals surface area contributed by atoms with Gasteiger partial charge in [0.1, 0.15) is 5.82 Å². The van der Waals surface area contributed by atoms with Gasteiger partial charge < -0.3 is 10.2 Å². The second kappa shape index (κ2) is 6.12. The number of hydrogen-bond donors (Lipinski definition) is 1. The minimum absolute atomic E-state index is 0.734. The van der Waals surface area contributed by atoms with Crippen molar-refractivity contribution < 1.29 is 0 Å². The van der Waals surface area contributed by atoms with Crippen LogP contribution in [0.5, 0.6) is 0 Å². The second-order valence-corrected chi connectivity index (χ2v) is 6.91. The molecule has 5 heteroatoms.